The molecular weight excluding hydrogens is 228 g/mol. The van der Waals surface area contributed by atoms with E-state index in [1.807, 2.05) is 0 Å². The van der Waals surface area contributed by atoms with E-state index in [0.29, 0.717) is 5.95 Å². The second kappa shape index (κ2) is 5.07. The minimum atomic E-state index is 0.407. The molecule has 0 spiro atoms. The van der Waals surface area contributed by atoms with Crippen LogP contribution in [0.3, 0.4) is 0 Å². The average molecular weight is 248 g/mol. The van der Waals surface area contributed by atoms with E-state index in [-0.39, 0.29) is 0 Å². The standard InChI is InChI=1S/C12H20N6/c13-12-16-10-2-4-14-3-1-9(10)11(17-12)18-7-5-15-6-8-18/h14-15H,1-8H2,(H2,13,16,17). The summed E-state index contributed by atoms with van der Waals surface area (Å²) in [4.78, 5) is 11.2. The predicted molar refractivity (Wildman–Crippen MR) is 71.8 cm³/mol. The zero-order valence-electron chi connectivity index (χ0n) is 10.6. The van der Waals surface area contributed by atoms with Gasteiger partial charge in [0.2, 0.25) is 5.95 Å². The number of nitrogens with zero attached hydrogens (tertiary/aromatic N) is 3. The number of nitrogen functional groups attached to an aromatic ring is 1. The Bertz CT molecular complexity index is 427. The van der Waals surface area contributed by atoms with Crippen LogP contribution in [0.2, 0.25) is 0 Å². The van der Waals surface area contributed by atoms with Crippen LogP contribution < -0.4 is 21.3 Å². The third-order valence-electron chi connectivity index (χ3n) is 3.60. The number of rotatable bonds is 1. The zero-order valence-corrected chi connectivity index (χ0v) is 10.6. The molecule has 0 unspecified atom stereocenters. The van der Waals surface area contributed by atoms with E-state index in [4.69, 9.17) is 5.73 Å². The molecule has 0 saturated carbocycles. The largest absolute Gasteiger partial charge is 0.368 e. The van der Waals surface area contributed by atoms with Crippen LogP contribution in [-0.4, -0.2) is 49.2 Å². The SMILES string of the molecule is Nc1nc2c(c(N3CCNCC3)n1)CCNCC2. The van der Waals surface area contributed by atoms with E-state index in [1.54, 1.807) is 0 Å². The summed E-state index contributed by atoms with van der Waals surface area (Å²) in [5.74, 6) is 1.46. The molecule has 3 heterocycles. The topological polar surface area (TPSA) is 79.1 Å². The number of hydrogen-bond acceptors (Lipinski definition) is 6. The zero-order chi connectivity index (χ0) is 12.4. The van der Waals surface area contributed by atoms with Gasteiger partial charge in [-0.2, -0.15) is 4.98 Å². The second-order valence-corrected chi connectivity index (χ2v) is 4.82. The highest BCUT2D eigenvalue weighted by Crippen LogP contribution is 2.24. The van der Waals surface area contributed by atoms with Gasteiger partial charge in [0, 0.05) is 44.7 Å². The van der Waals surface area contributed by atoms with Crippen LogP contribution >= 0.6 is 0 Å². The third kappa shape index (κ3) is 2.26. The summed E-state index contributed by atoms with van der Waals surface area (Å²) in [7, 11) is 0. The number of nitrogens with one attached hydrogen (secondary N) is 2. The van der Waals surface area contributed by atoms with Gasteiger partial charge in [0.15, 0.2) is 0 Å². The molecule has 2 aliphatic heterocycles. The lowest BCUT2D eigenvalue weighted by Crippen LogP contribution is -2.44. The second-order valence-electron chi connectivity index (χ2n) is 4.82. The molecule has 1 fully saturated rings. The number of anilines is 2. The van der Waals surface area contributed by atoms with Crippen LogP contribution in [0.15, 0.2) is 0 Å². The lowest BCUT2D eigenvalue weighted by Gasteiger charge is -2.30. The maximum absolute atomic E-state index is 5.86. The van der Waals surface area contributed by atoms with Gasteiger partial charge in [-0.15, -0.1) is 0 Å². The summed E-state index contributed by atoms with van der Waals surface area (Å²) in [6, 6.07) is 0. The molecule has 1 saturated heterocycles. The van der Waals surface area contributed by atoms with Crippen LogP contribution in [0.1, 0.15) is 11.3 Å². The third-order valence-corrected chi connectivity index (χ3v) is 3.60. The van der Waals surface area contributed by atoms with Gasteiger partial charge >= 0.3 is 0 Å². The fourth-order valence-electron chi connectivity index (χ4n) is 2.68. The van der Waals surface area contributed by atoms with Crippen LogP contribution in [0, 0.1) is 0 Å². The van der Waals surface area contributed by atoms with Gasteiger partial charge in [0.25, 0.3) is 0 Å². The Kier molecular flexibility index (Phi) is 3.29. The highest BCUT2D eigenvalue weighted by Gasteiger charge is 2.21. The van der Waals surface area contributed by atoms with Gasteiger partial charge in [0.1, 0.15) is 5.82 Å². The average Bonchev–Trinajstić information content (AvgIpc) is 2.64. The summed E-state index contributed by atoms with van der Waals surface area (Å²) in [6.45, 7) is 5.99. The first-order chi connectivity index (χ1) is 8.84. The van der Waals surface area contributed by atoms with Gasteiger partial charge in [-0.1, -0.05) is 0 Å². The monoisotopic (exact) mass is 248 g/mol. The molecule has 1 aromatic heterocycles. The molecule has 0 amide bonds. The number of fused-ring (bicyclic) bond motifs is 1. The molecule has 98 valence electrons. The van der Waals surface area contributed by atoms with E-state index in [9.17, 15) is 0 Å². The van der Waals surface area contributed by atoms with Gasteiger partial charge in [-0.05, 0) is 13.0 Å². The van der Waals surface area contributed by atoms with Gasteiger partial charge < -0.3 is 21.3 Å². The van der Waals surface area contributed by atoms with Crippen LogP contribution in [0.5, 0.6) is 0 Å². The summed E-state index contributed by atoms with van der Waals surface area (Å²) in [6.07, 6.45) is 1.94. The van der Waals surface area contributed by atoms with Gasteiger partial charge in [0.05, 0.1) is 5.69 Å². The van der Waals surface area contributed by atoms with Crippen molar-refractivity contribution in [2.45, 2.75) is 12.8 Å². The minimum absolute atomic E-state index is 0.407. The predicted octanol–water partition coefficient (Wildman–Crippen LogP) is -0.843. The Labute approximate surface area is 107 Å². The molecule has 1 aromatic rings. The van der Waals surface area contributed by atoms with Crippen molar-refractivity contribution in [2.24, 2.45) is 0 Å². The van der Waals surface area contributed by atoms with Gasteiger partial charge in [-0.3, -0.25) is 0 Å². The first kappa shape index (κ1) is 11.7. The number of piperazine rings is 1. The molecule has 0 radical (unpaired) electrons. The number of aromatic nitrogens is 2. The van der Waals surface area contributed by atoms with Crippen molar-refractivity contribution >= 4 is 11.8 Å². The Morgan fingerprint density at radius 3 is 2.50 bits per heavy atom. The lowest BCUT2D eigenvalue weighted by atomic mass is 10.1. The molecule has 4 N–H and O–H groups in total. The van der Waals surface area contributed by atoms with Crippen molar-refractivity contribution in [2.75, 3.05) is 49.9 Å². The summed E-state index contributed by atoms with van der Waals surface area (Å²) in [5, 5.41) is 6.77. The van der Waals surface area contributed by atoms with Crippen molar-refractivity contribution in [1.82, 2.24) is 20.6 Å². The van der Waals surface area contributed by atoms with E-state index in [2.05, 4.69) is 25.5 Å². The molecule has 6 heteroatoms. The highest BCUT2D eigenvalue weighted by atomic mass is 15.2. The normalized spacial score (nSPS) is 20.3. The molecule has 18 heavy (non-hydrogen) atoms. The molecule has 3 rings (SSSR count). The van der Waals surface area contributed by atoms with E-state index in [0.717, 1.165) is 63.6 Å². The van der Waals surface area contributed by atoms with Crippen LogP contribution in [-0.2, 0) is 12.8 Å². The molecule has 0 aliphatic carbocycles. The van der Waals surface area contributed by atoms with Crippen molar-refractivity contribution in [3.05, 3.63) is 11.3 Å². The van der Waals surface area contributed by atoms with Crippen LogP contribution in [0.25, 0.3) is 0 Å². The van der Waals surface area contributed by atoms with E-state index < -0.39 is 0 Å². The Balaban J connectivity index is 1.98. The minimum Gasteiger partial charge on any atom is -0.368 e. The lowest BCUT2D eigenvalue weighted by molar-refractivity contribution is 0.582. The van der Waals surface area contributed by atoms with Gasteiger partial charge in [-0.25, -0.2) is 4.98 Å². The first-order valence-electron chi connectivity index (χ1n) is 6.66. The van der Waals surface area contributed by atoms with Crippen LogP contribution in [0.4, 0.5) is 11.8 Å². The Morgan fingerprint density at radius 1 is 0.944 bits per heavy atom. The summed E-state index contributed by atoms with van der Waals surface area (Å²) < 4.78 is 0. The maximum Gasteiger partial charge on any atom is 0.222 e. The molecule has 0 bridgehead atoms. The fraction of sp³-hybridized carbons (Fsp3) is 0.667. The number of nitrogens with two attached hydrogens (primary N) is 1. The molecular formula is C12H20N6. The molecule has 0 aromatic carbocycles. The van der Waals surface area contributed by atoms with Crippen molar-refractivity contribution in [3.63, 3.8) is 0 Å². The summed E-state index contributed by atoms with van der Waals surface area (Å²) in [5.41, 5.74) is 8.27. The van der Waals surface area contributed by atoms with E-state index in [1.165, 1.54) is 5.56 Å². The Hall–Kier alpha value is -1.40. The maximum atomic E-state index is 5.86. The highest BCUT2D eigenvalue weighted by molar-refractivity contribution is 5.53. The summed E-state index contributed by atoms with van der Waals surface area (Å²) >= 11 is 0. The van der Waals surface area contributed by atoms with Crippen molar-refractivity contribution in [1.29, 1.82) is 0 Å². The first-order valence-corrected chi connectivity index (χ1v) is 6.66. The molecule has 6 nitrogen and oxygen atoms in total. The molecule has 2 aliphatic rings. The van der Waals surface area contributed by atoms with E-state index >= 15 is 0 Å². The quantitative estimate of drug-likeness (QED) is 0.601. The number of hydrogen-bond donors (Lipinski definition) is 3. The smallest absolute Gasteiger partial charge is 0.222 e. The molecule has 0 atom stereocenters. The fourth-order valence-corrected chi connectivity index (χ4v) is 2.68. The van der Waals surface area contributed by atoms with Crippen molar-refractivity contribution < 1.29 is 0 Å². The van der Waals surface area contributed by atoms with Crippen molar-refractivity contribution in [3.8, 4) is 0 Å². The Morgan fingerprint density at radius 2 is 1.67 bits per heavy atom.